The number of thiazole rings is 1. The van der Waals surface area contributed by atoms with Crippen molar-refractivity contribution in [3.05, 3.63) is 15.6 Å². The number of aromatic carboxylic acids is 1. The van der Waals surface area contributed by atoms with Crippen LogP contribution in [0.2, 0.25) is 0 Å². The van der Waals surface area contributed by atoms with Crippen LogP contribution in [0.3, 0.4) is 0 Å². The normalized spacial score (nSPS) is 11.8. The van der Waals surface area contributed by atoms with Crippen LogP contribution in [0.25, 0.3) is 0 Å². The van der Waals surface area contributed by atoms with Crippen molar-refractivity contribution in [2.24, 2.45) is 5.73 Å². The zero-order chi connectivity index (χ0) is 13.8. The lowest BCUT2D eigenvalue weighted by Gasteiger charge is -2.02. The van der Waals surface area contributed by atoms with Crippen molar-refractivity contribution in [1.29, 1.82) is 0 Å². The first-order valence-electron chi connectivity index (χ1n) is 5.36. The molecule has 0 amide bonds. The highest BCUT2D eigenvalue weighted by Crippen LogP contribution is 2.34. The number of alkyl halides is 3. The van der Waals surface area contributed by atoms with E-state index in [4.69, 9.17) is 10.8 Å². The van der Waals surface area contributed by atoms with Gasteiger partial charge in [-0.25, -0.2) is 9.78 Å². The smallest absolute Gasteiger partial charge is 0.435 e. The number of aryl methyl sites for hydroxylation is 1. The van der Waals surface area contributed by atoms with E-state index in [9.17, 15) is 18.0 Å². The molecule has 1 aromatic rings. The molecular weight excluding hydrogens is 269 g/mol. The highest BCUT2D eigenvalue weighted by molar-refractivity contribution is 7.13. The van der Waals surface area contributed by atoms with E-state index in [1.807, 2.05) is 0 Å². The molecule has 0 saturated carbocycles. The first-order valence-corrected chi connectivity index (χ1v) is 6.18. The monoisotopic (exact) mass is 282 g/mol. The minimum atomic E-state index is -4.72. The molecule has 3 N–H and O–H groups in total. The van der Waals surface area contributed by atoms with Gasteiger partial charge in [0.05, 0.1) is 5.01 Å². The molecule has 0 spiro atoms. The predicted molar refractivity (Wildman–Crippen MR) is 60.7 cm³/mol. The van der Waals surface area contributed by atoms with Crippen molar-refractivity contribution in [3.63, 3.8) is 0 Å². The molecule has 0 aromatic carbocycles. The Morgan fingerprint density at radius 2 is 2.00 bits per heavy atom. The van der Waals surface area contributed by atoms with Gasteiger partial charge in [-0.1, -0.05) is 6.42 Å². The molecule has 1 rings (SSSR count). The van der Waals surface area contributed by atoms with Gasteiger partial charge in [0.1, 0.15) is 4.88 Å². The van der Waals surface area contributed by atoms with Gasteiger partial charge in [0.2, 0.25) is 0 Å². The Bertz CT molecular complexity index is 418. The summed E-state index contributed by atoms with van der Waals surface area (Å²) in [5, 5.41) is 8.91. The van der Waals surface area contributed by atoms with Crippen LogP contribution in [0.4, 0.5) is 13.2 Å². The van der Waals surface area contributed by atoms with Crippen LogP contribution in [-0.2, 0) is 12.6 Å². The van der Waals surface area contributed by atoms with E-state index in [0.717, 1.165) is 12.8 Å². The molecule has 0 fully saturated rings. The number of nitrogens with zero attached hydrogens (tertiary/aromatic N) is 1. The molecule has 0 saturated heterocycles. The number of carboxylic acid groups (broad SMARTS) is 1. The third-order valence-electron chi connectivity index (χ3n) is 2.23. The van der Waals surface area contributed by atoms with E-state index >= 15 is 0 Å². The second-order valence-electron chi connectivity index (χ2n) is 3.69. The van der Waals surface area contributed by atoms with E-state index < -0.39 is 22.7 Å². The van der Waals surface area contributed by atoms with Gasteiger partial charge in [-0.2, -0.15) is 13.2 Å². The van der Waals surface area contributed by atoms with E-state index in [-0.39, 0.29) is 5.01 Å². The number of carboxylic acids is 1. The van der Waals surface area contributed by atoms with Crippen LogP contribution in [-0.4, -0.2) is 22.6 Å². The largest absolute Gasteiger partial charge is 0.477 e. The first-order chi connectivity index (χ1) is 8.36. The van der Waals surface area contributed by atoms with Crippen molar-refractivity contribution in [3.8, 4) is 0 Å². The number of hydrogen-bond acceptors (Lipinski definition) is 4. The Morgan fingerprint density at radius 3 is 2.44 bits per heavy atom. The van der Waals surface area contributed by atoms with Gasteiger partial charge in [-0.3, -0.25) is 0 Å². The summed E-state index contributed by atoms with van der Waals surface area (Å²) in [5.74, 6) is -1.59. The lowest BCUT2D eigenvalue weighted by atomic mass is 10.2. The number of unbranched alkanes of at least 4 members (excludes halogenated alkanes) is 2. The average molecular weight is 282 g/mol. The molecule has 102 valence electrons. The van der Waals surface area contributed by atoms with Crippen LogP contribution in [0, 0.1) is 0 Å². The van der Waals surface area contributed by atoms with Crippen LogP contribution in [0.15, 0.2) is 0 Å². The summed E-state index contributed by atoms with van der Waals surface area (Å²) < 4.78 is 37.6. The fourth-order valence-electron chi connectivity index (χ4n) is 1.41. The Kier molecular flexibility index (Phi) is 5.09. The summed E-state index contributed by atoms with van der Waals surface area (Å²) in [6.45, 7) is 0.534. The number of carbonyl (C=O) groups is 1. The Balaban J connectivity index is 2.80. The third-order valence-corrected chi connectivity index (χ3v) is 3.33. The fraction of sp³-hybridized carbons (Fsp3) is 0.600. The first kappa shape index (κ1) is 14.9. The third kappa shape index (κ3) is 3.95. The molecule has 0 bridgehead atoms. The van der Waals surface area contributed by atoms with Gasteiger partial charge in [0, 0.05) is 0 Å². The number of aromatic nitrogens is 1. The number of nitrogens with two attached hydrogens (primary N) is 1. The molecule has 0 aliphatic heterocycles. The Hall–Kier alpha value is -1.15. The van der Waals surface area contributed by atoms with E-state index in [2.05, 4.69) is 4.98 Å². The molecule has 0 unspecified atom stereocenters. The Labute approximate surface area is 106 Å². The molecule has 1 heterocycles. The van der Waals surface area contributed by atoms with Crippen molar-refractivity contribution in [2.45, 2.75) is 31.9 Å². The number of rotatable bonds is 6. The zero-order valence-electron chi connectivity index (χ0n) is 9.46. The number of hydrogen-bond donors (Lipinski definition) is 2. The molecule has 1 aromatic heterocycles. The minimum Gasteiger partial charge on any atom is -0.477 e. The second-order valence-corrected chi connectivity index (χ2v) is 4.77. The maximum Gasteiger partial charge on any atom is 0.435 e. The van der Waals surface area contributed by atoms with Crippen LogP contribution in [0.1, 0.15) is 39.6 Å². The number of halogens is 3. The summed E-state index contributed by atoms with van der Waals surface area (Å²) in [6.07, 6.45) is -2.13. The molecule has 0 aliphatic carbocycles. The van der Waals surface area contributed by atoms with E-state index in [1.54, 1.807) is 0 Å². The van der Waals surface area contributed by atoms with Gasteiger partial charge in [0.25, 0.3) is 0 Å². The molecule has 0 atom stereocenters. The summed E-state index contributed by atoms with van der Waals surface area (Å²) in [7, 11) is 0. The fourth-order valence-corrected chi connectivity index (χ4v) is 2.37. The van der Waals surface area contributed by atoms with Crippen molar-refractivity contribution in [1.82, 2.24) is 4.98 Å². The van der Waals surface area contributed by atoms with Crippen LogP contribution >= 0.6 is 11.3 Å². The molecule has 18 heavy (non-hydrogen) atoms. The molecule has 4 nitrogen and oxygen atoms in total. The van der Waals surface area contributed by atoms with Crippen molar-refractivity contribution in [2.75, 3.05) is 6.54 Å². The van der Waals surface area contributed by atoms with Crippen molar-refractivity contribution < 1.29 is 23.1 Å². The summed E-state index contributed by atoms with van der Waals surface area (Å²) >= 11 is 0.591. The SMILES string of the molecule is NCCCCCc1nc(C(F)(F)F)c(C(=O)O)s1. The summed E-state index contributed by atoms with van der Waals surface area (Å²) in [4.78, 5) is 13.4. The topological polar surface area (TPSA) is 76.2 Å². The highest BCUT2D eigenvalue weighted by atomic mass is 32.1. The highest BCUT2D eigenvalue weighted by Gasteiger charge is 2.39. The lowest BCUT2D eigenvalue weighted by molar-refractivity contribution is -0.141. The maximum absolute atomic E-state index is 12.5. The predicted octanol–water partition coefficient (Wildman–Crippen LogP) is 2.53. The Morgan fingerprint density at radius 1 is 1.33 bits per heavy atom. The zero-order valence-corrected chi connectivity index (χ0v) is 10.3. The standard InChI is InChI=1S/C10H13F3N2O2S/c11-10(12,13)8-7(9(16)17)18-6(15-8)4-2-1-3-5-14/h1-5,14H2,(H,16,17). The molecule has 8 heteroatoms. The summed E-state index contributed by atoms with van der Waals surface area (Å²) in [5.41, 5.74) is 4.00. The molecular formula is C10H13F3N2O2S. The second kappa shape index (κ2) is 6.14. The van der Waals surface area contributed by atoms with Crippen LogP contribution < -0.4 is 5.73 Å². The lowest BCUT2D eigenvalue weighted by Crippen LogP contribution is -2.11. The summed E-state index contributed by atoms with van der Waals surface area (Å²) in [6, 6.07) is 0. The van der Waals surface area contributed by atoms with Gasteiger partial charge < -0.3 is 10.8 Å². The molecule has 0 aliphatic rings. The maximum atomic E-state index is 12.5. The van der Waals surface area contributed by atoms with Gasteiger partial charge >= 0.3 is 12.1 Å². The average Bonchev–Trinajstić information content (AvgIpc) is 2.68. The van der Waals surface area contributed by atoms with E-state index in [0.29, 0.717) is 30.7 Å². The van der Waals surface area contributed by atoms with Crippen LogP contribution in [0.5, 0.6) is 0 Å². The van der Waals surface area contributed by atoms with Gasteiger partial charge in [-0.05, 0) is 25.8 Å². The molecule has 0 radical (unpaired) electrons. The minimum absolute atomic E-state index is 0.205. The van der Waals surface area contributed by atoms with Crippen molar-refractivity contribution >= 4 is 17.3 Å². The van der Waals surface area contributed by atoms with Gasteiger partial charge in [0.15, 0.2) is 5.69 Å². The quantitative estimate of drug-likeness (QED) is 0.786. The van der Waals surface area contributed by atoms with E-state index in [1.165, 1.54) is 0 Å². The van der Waals surface area contributed by atoms with Gasteiger partial charge in [-0.15, -0.1) is 11.3 Å².